The van der Waals surface area contributed by atoms with Crippen molar-refractivity contribution in [1.29, 1.82) is 0 Å². The number of aryl methyl sites for hydroxylation is 1. The second-order valence-corrected chi connectivity index (χ2v) is 9.35. The minimum Gasteiger partial charge on any atom is -0.496 e. The minimum absolute atomic E-state index is 0.0414. The van der Waals surface area contributed by atoms with Crippen LogP contribution in [0, 0.1) is 6.92 Å². The van der Waals surface area contributed by atoms with E-state index in [4.69, 9.17) is 18.9 Å². The summed E-state index contributed by atoms with van der Waals surface area (Å²) in [5.74, 6) is 2.39. The van der Waals surface area contributed by atoms with Gasteiger partial charge in [0.1, 0.15) is 42.3 Å². The molecule has 0 aromatic heterocycles. The predicted molar refractivity (Wildman–Crippen MR) is 135 cm³/mol. The molecule has 0 spiro atoms. The number of ether oxygens (including phenoxy) is 4. The summed E-state index contributed by atoms with van der Waals surface area (Å²) in [5, 5.41) is 0. The van der Waals surface area contributed by atoms with Gasteiger partial charge < -0.3 is 18.9 Å². The van der Waals surface area contributed by atoms with Crippen molar-refractivity contribution in [2.75, 3.05) is 13.7 Å². The van der Waals surface area contributed by atoms with Gasteiger partial charge in [-0.3, -0.25) is 4.79 Å². The molecule has 0 amide bonds. The summed E-state index contributed by atoms with van der Waals surface area (Å²) in [6, 6.07) is 17.6. The summed E-state index contributed by atoms with van der Waals surface area (Å²) in [6.45, 7) is 6.84. The van der Waals surface area contributed by atoms with Crippen molar-refractivity contribution in [1.82, 2.24) is 0 Å². The number of carbonyl (C=O) groups is 1. The molecule has 5 nitrogen and oxygen atoms in total. The molecule has 0 N–H and O–H groups in total. The summed E-state index contributed by atoms with van der Waals surface area (Å²) in [5.41, 5.74) is 5.53. The first-order valence-electron chi connectivity index (χ1n) is 11.9. The number of methoxy groups -OCH3 is 1. The molecule has 0 aliphatic carbocycles. The Morgan fingerprint density at radius 3 is 2.63 bits per heavy atom. The van der Waals surface area contributed by atoms with E-state index in [1.54, 1.807) is 7.11 Å². The van der Waals surface area contributed by atoms with Crippen LogP contribution < -0.4 is 18.9 Å². The molecule has 35 heavy (non-hydrogen) atoms. The van der Waals surface area contributed by atoms with E-state index in [0.717, 1.165) is 39.5 Å². The number of ketones is 1. The fraction of sp³-hybridized carbons (Fsp3) is 0.300. The maximum Gasteiger partial charge on any atom is 0.178 e. The molecule has 0 radical (unpaired) electrons. The Balaban J connectivity index is 1.54. The summed E-state index contributed by atoms with van der Waals surface area (Å²) in [4.78, 5) is 13.8. The van der Waals surface area contributed by atoms with Crippen LogP contribution >= 0.6 is 0 Å². The van der Waals surface area contributed by atoms with Crippen LogP contribution in [-0.2, 0) is 13.0 Å². The molecule has 0 saturated heterocycles. The number of rotatable bonds is 6. The highest BCUT2D eigenvalue weighted by Crippen LogP contribution is 2.47. The second kappa shape index (κ2) is 9.49. The van der Waals surface area contributed by atoms with Gasteiger partial charge in [-0.1, -0.05) is 42.0 Å². The number of carbonyl (C=O) groups excluding carboxylic acids is 1. The zero-order valence-electron chi connectivity index (χ0n) is 20.6. The molecule has 180 valence electrons. The van der Waals surface area contributed by atoms with Crippen LogP contribution in [0.5, 0.6) is 23.0 Å². The van der Waals surface area contributed by atoms with Crippen LogP contribution in [0.15, 0.2) is 66.2 Å². The third-order valence-electron chi connectivity index (χ3n) is 6.62. The quantitative estimate of drug-likeness (QED) is 0.401. The third-order valence-corrected chi connectivity index (χ3v) is 6.62. The Morgan fingerprint density at radius 2 is 1.89 bits per heavy atom. The Bertz CT molecular complexity index is 1290. The minimum atomic E-state index is -0.437. The van der Waals surface area contributed by atoms with Crippen LogP contribution in [0.1, 0.15) is 52.4 Å². The fourth-order valence-corrected chi connectivity index (χ4v) is 4.77. The van der Waals surface area contributed by atoms with Gasteiger partial charge in [0.25, 0.3) is 0 Å². The lowest BCUT2D eigenvalue weighted by molar-refractivity contribution is 0.0553. The van der Waals surface area contributed by atoms with Gasteiger partial charge in [0.2, 0.25) is 0 Å². The molecule has 0 fully saturated rings. The van der Waals surface area contributed by atoms with Crippen molar-refractivity contribution >= 4 is 5.78 Å². The second-order valence-electron chi connectivity index (χ2n) is 9.35. The Labute approximate surface area is 206 Å². The average molecular weight is 471 g/mol. The van der Waals surface area contributed by atoms with Gasteiger partial charge in [-0.05, 0) is 62.6 Å². The van der Waals surface area contributed by atoms with Gasteiger partial charge in [0, 0.05) is 11.1 Å². The molecule has 2 aliphatic heterocycles. The summed E-state index contributed by atoms with van der Waals surface area (Å²) in [7, 11) is 1.64. The lowest BCUT2D eigenvalue weighted by Gasteiger charge is -2.38. The van der Waals surface area contributed by atoms with Gasteiger partial charge in [0.05, 0.1) is 18.6 Å². The topological polar surface area (TPSA) is 54.0 Å². The summed E-state index contributed by atoms with van der Waals surface area (Å²) < 4.78 is 24.3. The van der Waals surface area contributed by atoms with E-state index in [-0.39, 0.29) is 5.78 Å². The number of allylic oxidation sites excluding steroid dienone is 2. The Kier molecular flexibility index (Phi) is 6.25. The van der Waals surface area contributed by atoms with Crippen molar-refractivity contribution < 1.29 is 23.7 Å². The predicted octanol–water partition coefficient (Wildman–Crippen LogP) is 6.21. The van der Waals surface area contributed by atoms with Gasteiger partial charge in [0.15, 0.2) is 5.78 Å². The number of hydrogen-bond acceptors (Lipinski definition) is 5. The number of Topliss-reactive ketones (excluding diaryl/α,β-unsaturated/α-hetero) is 1. The van der Waals surface area contributed by atoms with Crippen LogP contribution in [0.25, 0.3) is 0 Å². The lowest BCUT2D eigenvalue weighted by Crippen LogP contribution is -2.43. The zero-order chi connectivity index (χ0) is 24.5. The summed E-state index contributed by atoms with van der Waals surface area (Å²) >= 11 is 0. The SMILES string of the molecule is COc1cc2c(cc1C)OC[C@H]1Oc3c(ccc(OCc4ccccc4)c3CC=C(C)C)C(=O)[C@@H]21. The van der Waals surface area contributed by atoms with Crippen LogP contribution in [-0.4, -0.2) is 25.6 Å². The number of benzene rings is 3. The highest BCUT2D eigenvalue weighted by molar-refractivity contribution is 6.05. The fourth-order valence-electron chi connectivity index (χ4n) is 4.77. The van der Waals surface area contributed by atoms with Crippen LogP contribution in [0.4, 0.5) is 0 Å². The van der Waals surface area contributed by atoms with Crippen molar-refractivity contribution in [2.45, 2.75) is 45.8 Å². The molecule has 2 atom stereocenters. The van der Waals surface area contributed by atoms with E-state index >= 15 is 0 Å². The standard InChI is InChI=1S/C30H30O5/c1-18(2)10-11-21-24(33-16-20-8-6-5-7-9-20)13-12-22-29(31)28-23-15-25(32-4)19(3)14-26(23)34-17-27(28)35-30(21)22/h5-10,12-15,27-28H,11,16-17H2,1-4H3/t27-,28+/m1/s1. The Hall–Kier alpha value is -3.73. The van der Waals surface area contributed by atoms with E-state index in [1.807, 2.05) is 61.5 Å². The van der Waals surface area contributed by atoms with Crippen molar-refractivity contribution in [2.24, 2.45) is 0 Å². The molecule has 3 aromatic carbocycles. The van der Waals surface area contributed by atoms with Crippen molar-refractivity contribution in [3.8, 4) is 23.0 Å². The maximum absolute atomic E-state index is 13.8. The molecule has 2 aliphatic rings. The van der Waals surface area contributed by atoms with Gasteiger partial charge in [-0.15, -0.1) is 0 Å². The van der Waals surface area contributed by atoms with Gasteiger partial charge in [-0.25, -0.2) is 0 Å². The smallest absolute Gasteiger partial charge is 0.178 e. The molecule has 3 aromatic rings. The first-order valence-corrected chi connectivity index (χ1v) is 11.9. The van der Waals surface area contributed by atoms with E-state index in [9.17, 15) is 4.79 Å². The molecule has 0 unspecified atom stereocenters. The van der Waals surface area contributed by atoms with Crippen LogP contribution in [0.3, 0.4) is 0 Å². The molecule has 0 saturated carbocycles. The first-order chi connectivity index (χ1) is 17.0. The molecule has 5 heteroatoms. The number of fused-ring (bicyclic) bond motifs is 4. The molecular weight excluding hydrogens is 440 g/mol. The highest BCUT2D eigenvalue weighted by atomic mass is 16.5. The van der Waals surface area contributed by atoms with E-state index in [2.05, 4.69) is 19.9 Å². The highest BCUT2D eigenvalue weighted by Gasteiger charge is 2.44. The monoisotopic (exact) mass is 470 g/mol. The molecule has 5 rings (SSSR count). The molecule has 0 bridgehead atoms. The van der Waals surface area contributed by atoms with Gasteiger partial charge >= 0.3 is 0 Å². The third kappa shape index (κ3) is 4.39. The number of hydrogen-bond donors (Lipinski definition) is 0. The zero-order valence-corrected chi connectivity index (χ0v) is 20.6. The van der Waals surface area contributed by atoms with Crippen LogP contribution in [0.2, 0.25) is 0 Å². The summed E-state index contributed by atoms with van der Waals surface area (Å²) in [6.07, 6.45) is 2.33. The van der Waals surface area contributed by atoms with E-state index in [0.29, 0.717) is 30.9 Å². The van der Waals surface area contributed by atoms with Crippen molar-refractivity contribution in [3.63, 3.8) is 0 Å². The largest absolute Gasteiger partial charge is 0.496 e. The maximum atomic E-state index is 13.8. The average Bonchev–Trinajstić information content (AvgIpc) is 2.86. The Morgan fingerprint density at radius 1 is 1.09 bits per heavy atom. The van der Waals surface area contributed by atoms with Crippen molar-refractivity contribution in [3.05, 3.63) is 94.1 Å². The molecule has 2 heterocycles. The normalized spacial score (nSPS) is 17.8. The lowest BCUT2D eigenvalue weighted by atomic mass is 9.81. The van der Waals surface area contributed by atoms with E-state index < -0.39 is 12.0 Å². The van der Waals surface area contributed by atoms with E-state index in [1.165, 1.54) is 5.57 Å². The molecular formula is C30H30O5. The first kappa shape index (κ1) is 23.0. The van der Waals surface area contributed by atoms with Gasteiger partial charge in [-0.2, -0.15) is 0 Å².